The molecule has 1 fully saturated rings. The van der Waals surface area contributed by atoms with E-state index in [2.05, 4.69) is 29.2 Å². The average molecular weight is 467 g/mol. The molecule has 4 N–H and O–H groups in total. The molecule has 0 bridgehead atoms. The molecule has 0 aliphatic heterocycles. The highest BCUT2D eigenvalue weighted by Gasteiger charge is 2.34. The summed E-state index contributed by atoms with van der Waals surface area (Å²) in [4.78, 5) is 14.1. The molecular formula is C27H23ClN6. The second-order valence-corrected chi connectivity index (χ2v) is 9.26. The van der Waals surface area contributed by atoms with Crippen LogP contribution in [0.4, 0.5) is 5.82 Å². The minimum atomic E-state index is -0.224. The number of anilines is 1. The number of hydrogen-bond acceptors (Lipinski definition) is 5. The predicted molar refractivity (Wildman–Crippen MR) is 137 cm³/mol. The summed E-state index contributed by atoms with van der Waals surface area (Å²) in [5.74, 6) is 0.996. The van der Waals surface area contributed by atoms with Gasteiger partial charge >= 0.3 is 0 Å². The summed E-state index contributed by atoms with van der Waals surface area (Å²) in [6.45, 7) is 0. The fourth-order valence-electron chi connectivity index (χ4n) is 4.57. The van der Waals surface area contributed by atoms with Gasteiger partial charge in [-0.1, -0.05) is 54.1 Å². The number of nitrogens with zero attached hydrogens (tertiary/aromatic N) is 4. The highest BCUT2D eigenvalue weighted by atomic mass is 35.5. The normalized spacial score (nSPS) is 14.8. The minimum Gasteiger partial charge on any atom is -0.383 e. The van der Waals surface area contributed by atoms with Crippen LogP contribution in [0.2, 0.25) is 5.02 Å². The smallest absolute Gasteiger partial charge is 0.165 e. The Labute approximate surface area is 202 Å². The highest BCUT2D eigenvalue weighted by Crippen LogP contribution is 2.39. The lowest BCUT2D eigenvalue weighted by Gasteiger charge is -2.38. The first-order valence-electron chi connectivity index (χ1n) is 11.3. The molecule has 1 saturated carbocycles. The Kier molecular flexibility index (Phi) is 4.86. The Bertz CT molecular complexity index is 1500. The van der Waals surface area contributed by atoms with Crippen LogP contribution in [-0.2, 0) is 5.54 Å². The van der Waals surface area contributed by atoms with E-state index in [-0.39, 0.29) is 5.54 Å². The molecule has 7 heteroatoms. The molecule has 0 spiro atoms. The van der Waals surface area contributed by atoms with Gasteiger partial charge in [-0.3, -0.25) is 4.57 Å². The van der Waals surface area contributed by atoms with Gasteiger partial charge in [0.05, 0.1) is 16.3 Å². The van der Waals surface area contributed by atoms with E-state index in [1.54, 1.807) is 6.07 Å². The van der Waals surface area contributed by atoms with E-state index in [0.29, 0.717) is 22.2 Å². The number of nitrogen functional groups attached to an aromatic ring is 1. The first-order chi connectivity index (χ1) is 16.5. The van der Waals surface area contributed by atoms with Crippen molar-refractivity contribution in [2.75, 3.05) is 5.73 Å². The molecule has 0 amide bonds. The monoisotopic (exact) mass is 466 g/mol. The Morgan fingerprint density at radius 2 is 1.68 bits per heavy atom. The SMILES string of the molecule is Nc1ncc(Cl)cc1-c1nc2ccc(-c3ccccc3)nc2n1-c1ccc(C2(N)CCC2)cc1. The van der Waals surface area contributed by atoms with Crippen molar-refractivity contribution < 1.29 is 0 Å². The second-order valence-electron chi connectivity index (χ2n) is 8.82. The van der Waals surface area contributed by atoms with Crippen molar-refractivity contribution in [1.82, 2.24) is 19.5 Å². The van der Waals surface area contributed by atoms with Crippen molar-refractivity contribution in [3.63, 3.8) is 0 Å². The van der Waals surface area contributed by atoms with Gasteiger partial charge in [0.1, 0.15) is 11.3 Å². The fraction of sp³-hybridized carbons (Fsp3) is 0.148. The van der Waals surface area contributed by atoms with E-state index < -0.39 is 0 Å². The number of hydrogen-bond donors (Lipinski definition) is 2. The number of aromatic nitrogens is 4. The molecular weight excluding hydrogens is 444 g/mol. The topological polar surface area (TPSA) is 95.6 Å². The summed E-state index contributed by atoms with van der Waals surface area (Å²) >= 11 is 6.28. The van der Waals surface area contributed by atoms with Gasteiger partial charge in [-0.2, -0.15) is 0 Å². The fourth-order valence-corrected chi connectivity index (χ4v) is 4.73. The predicted octanol–water partition coefficient (Wildman–Crippen LogP) is 5.72. The van der Waals surface area contributed by atoms with Crippen LogP contribution in [0.15, 0.2) is 79.0 Å². The first kappa shape index (κ1) is 20.8. The number of imidazole rings is 1. The van der Waals surface area contributed by atoms with Crippen molar-refractivity contribution in [2.45, 2.75) is 24.8 Å². The quantitative estimate of drug-likeness (QED) is 0.353. The van der Waals surface area contributed by atoms with Crippen LogP contribution in [-0.4, -0.2) is 19.5 Å². The molecule has 5 aromatic rings. The summed E-state index contributed by atoms with van der Waals surface area (Å²) in [7, 11) is 0. The van der Waals surface area contributed by atoms with Gasteiger partial charge in [-0.15, -0.1) is 0 Å². The Morgan fingerprint density at radius 1 is 0.912 bits per heavy atom. The standard InChI is InChI=1S/C27H23ClN6/c28-19-15-21(24(29)31-16-19)25-33-23-12-11-22(17-5-2-1-3-6-17)32-26(23)34(25)20-9-7-18(8-10-20)27(30)13-4-14-27/h1-3,5-12,15-16H,4,13-14,30H2,(H2,29,31). The number of pyridine rings is 2. The summed E-state index contributed by atoms with van der Waals surface area (Å²) in [5.41, 5.74) is 18.7. The van der Waals surface area contributed by atoms with Crippen LogP contribution in [0, 0.1) is 0 Å². The van der Waals surface area contributed by atoms with Crippen molar-refractivity contribution in [2.24, 2.45) is 5.73 Å². The molecule has 1 aliphatic rings. The van der Waals surface area contributed by atoms with Crippen LogP contribution in [0.25, 0.3) is 39.5 Å². The van der Waals surface area contributed by atoms with Gasteiger partial charge in [0, 0.05) is 23.0 Å². The van der Waals surface area contributed by atoms with Crippen LogP contribution < -0.4 is 11.5 Å². The van der Waals surface area contributed by atoms with Gasteiger partial charge in [0.2, 0.25) is 0 Å². The number of rotatable bonds is 4. The molecule has 6 rings (SSSR count). The number of halogens is 1. The zero-order chi connectivity index (χ0) is 23.3. The molecule has 168 valence electrons. The lowest BCUT2D eigenvalue weighted by atomic mass is 9.73. The third kappa shape index (κ3) is 3.43. The molecule has 34 heavy (non-hydrogen) atoms. The molecule has 3 heterocycles. The average Bonchev–Trinajstić information content (AvgIpc) is 3.23. The summed E-state index contributed by atoms with van der Waals surface area (Å²) < 4.78 is 2.01. The van der Waals surface area contributed by atoms with Gasteiger partial charge in [-0.25, -0.2) is 15.0 Å². The lowest BCUT2D eigenvalue weighted by molar-refractivity contribution is 0.253. The van der Waals surface area contributed by atoms with E-state index in [1.165, 1.54) is 12.6 Å². The molecule has 2 aromatic carbocycles. The van der Waals surface area contributed by atoms with E-state index in [4.69, 9.17) is 33.0 Å². The van der Waals surface area contributed by atoms with E-state index in [0.717, 1.165) is 46.5 Å². The number of benzene rings is 2. The molecule has 6 nitrogen and oxygen atoms in total. The van der Waals surface area contributed by atoms with Crippen molar-refractivity contribution in [3.05, 3.63) is 89.6 Å². The first-order valence-corrected chi connectivity index (χ1v) is 11.7. The molecule has 1 aliphatic carbocycles. The largest absolute Gasteiger partial charge is 0.383 e. The van der Waals surface area contributed by atoms with Crippen LogP contribution >= 0.6 is 11.6 Å². The zero-order valence-corrected chi connectivity index (χ0v) is 19.2. The molecule has 0 unspecified atom stereocenters. The van der Waals surface area contributed by atoms with Crippen molar-refractivity contribution >= 4 is 28.6 Å². The van der Waals surface area contributed by atoms with Crippen molar-refractivity contribution in [3.8, 4) is 28.3 Å². The maximum atomic E-state index is 6.55. The molecule has 0 atom stereocenters. The maximum absolute atomic E-state index is 6.55. The van der Waals surface area contributed by atoms with Crippen molar-refractivity contribution in [1.29, 1.82) is 0 Å². The van der Waals surface area contributed by atoms with Crippen LogP contribution in [0.1, 0.15) is 24.8 Å². The molecule has 0 saturated heterocycles. The number of nitrogens with two attached hydrogens (primary N) is 2. The van der Waals surface area contributed by atoms with E-state index in [1.807, 2.05) is 47.0 Å². The summed E-state index contributed by atoms with van der Waals surface area (Å²) in [5, 5.41) is 0.492. The van der Waals surface area contributed by atoms with Crippen LogP contribution in [0.5, 0.6) is 0 Å². The molecule has 3 aromatic heterocycles. The van der Waals surface area contributed by atoms with Gasteiger partial charge in [0.25, 0.3) is 0 Å². The van der Waals surface area contributed by atoms with E-state index >= 15 is 0 Å². The second kappa shape index (κ2) is 7.94. The summed E-state index contributed by atoms with van der Waals surface area (Å²) in [6, 6.07) is 24.2. The summed E-state index contributed by atoms with van der Waals surface area (Å²) in [6.07, 6.45) is 4.73. The van der Waals surface area contributed by atoms with Crippen LogP contribution in [0.3, 0.4) is 0 Å². The lowest BCUT2D eigenvalue weighted by Crippen LogP contribution is -2.43. The Balaban J connectivity index is 1.58. The Hall–Kier alpha value is -3.74. The van der Waals surface area contributed by atoms with Gasteiger partial charge in [0.15, 0.2) is 11.5 Å². The highest BCUT2D eigenvalue weighted by molar-refractivity contribution is 6.30. The zero-order valence-electron chi connectivity index (χ0n) is 18.4. The molecule has 0 radical (unpaired) electrons. The van der Waals surface area contributed by atoms with E-state index in [9.17, 15) is 0 Å². The van der Waals surface area contributed by atoms with Gasteiger partial charge < -0.3 is 11.5 Å². The third-order valence-corrected chi connectivity index (χ3v) is 6.85. The number of fused-ring (bicyclic) bond motifs is 1. The minimum absolute atomic E-state index is 0.224. The maximum Gasteiger partial charge on any atom is 0.165 e. The Morgan fingerprint density at radius 3 is 2.38 bits per heavy atom. The van der Waals surface area contributed by atoms with Gasteiger partial charge in [-0.05, 0) is 55.2 Å². The third-order valence-electron chi connectivity index (χ3n) is 6.65.